The Bertz CT molecular complexity index is 1580. The first-order valence-corrected chi connectivity index (χ1v) is 10.5. The third-order valence-corrected chi connectivity index (χ3v) is 5.59. The number of alkyl halides is 3. The number of pyridine rings is 2. The summed E-state index contributed by atoms with van der Waals surface area (Å²) >= 11 is 6.31. The number of anilines is 1. The maximum absolute atomic E-state index is 14.7. The quantitative estimate of drug-likeness (QED) is 0.370. The molecule has 0 saturated carbocycles. The van der Waals surface area contributed by atoms with Crippen molar-refractivity contribution in [2.75, 3.05) is 12.8 Å². The molecule has 0 amide bonds. The van der Waals surface area contributed by atoms with Crippen LogP contribution in [0, 0.1) is 0 Å². The van der Waals surface area contributed by atoms with Gasteiger partial charge in [0.1, 0.15) is 23.0 Å². The second kappa shape index (κ2) is 8.58. The number of fused-ring (bicyclic) bond motifs is 2. The summed E-state index contributed by atoms with van der Waals surface area (Å²) in [5, 5.41) is 0.670. The first kappa shape index (κ1) is 22.7. The standard InChI is InChI=1S/C23H15ClF3N7O/c1-35-16-10-29-9-15(31-16)19-12(8-11-4-2-5-13(24)18(11)33-19)17(23(25,26)27)22-32-14-6-3-7-30-20(14)21(28)34-22/h2-10,17H,1H3,(H2,28,32,34)/t17-/m1/s1. The predicted octanol–water partition coefficient (Wildman–Crippen LogP) is 4.97. The fraction of sp³-hybridized carbons (Fsp3) is 0.130. The molecule has 5 aromatic rings. The van der Waals surface area contributed by atoms with E-state index in [0.717, 1.165) is 0 Å². The lowest BCUT2D eigenvalue weighted by Gasteiger charge is -2.22. The first-order chi connectivity index (χ1) is 16.8. The van der Waals surface area contributed by atoms with Crippen molar-refractivity contribution in [1.29, 1.82) is 0 Å². The Labute approximate surface area is 201 Å². The minimum atomic E-state index is -4.81. The van der Waals surface area contributed by atoms with E-state index in [2.05, 4.69) is 29.9 Å². The van der Waals surface area contributed by atoms with Crippen LogP contribution in [0.4, 0.5) is 19.0 Å². The van der Waals surface area contributed by atoms with Gasteiger partial charge in [-0.15, -0.1) is 0 Å². The second-order valence-corrected chi connectivity index (χ2v) is 7.90. The molecule has 2 N–H and O–H groups in total. The van der Waals surface area contributed by atoms with E-state index in [-0.39, 0.29) is 44.7 Å². The van der Waals surface area contributed by atoms with Gasteiger partial charge in [0.2, 0.25) is 5.88 Å². The van der Waals surface area contributed by atoms with Crippen LogP contribution in [0.2, 0.25) is 5.02 Å². The van der Waals surface area contributed by atoms with E-state index in [1.807, 2.05) is 0 Å². The summed E-state index contributed by atoms with van der Waals surface area (Å²) in [6.07, 6.45) is -0.723. The topological polar surface area (TPSA) is 113 Å². The molecule has 35 heavy (non-hydrogen) atoms. The Morgan fingerprint density at radius 1 is 1.00 bits per heavy atom. The van der Waals surface area contributed by atoms with Crippen LogP contribution in [0.15, 0.2) is 55.0 Å². The van der Waals surface area contributed by atoms with Gasteiger partial charge in [-0.3, -0.25) is 9.97 Å². The fourth-order valence-electron chi connectivity index (χ4n) is 3.76. The maximum atomic E-state index is 14.7. The summed E-state index contributed by atoms with van der Waals surface area (Å²) in [7, 11) is 1.37. The molecule has 0 aliphatic heterocycles. The van der Waals surface area contributed by atoms with Gasteiger partial charge in [0.05, 0.1) is 41.3 Å². The van der Waals surface area contributed by atoms with Crippen LogP contribution in [-0.4, -0.2) is 43.2 Å². The van der Waals surface area contributed by atoms with E-state index in [4.69, 9.17) is 22.1 Å². The number of benzene rings is 1. The highest BCUT2D eigenvalue weighted by atomic mass is 35.5. The van der Waals surface area contributed by atoms with Crippen molar-refractivity contribution in [3.63, 3.8) is 0 Å². The molecule has 176 valence electrons. The van der Waals surface area contributed by atoms with Crippen LogP contribution in [-0.2, 0) is 0 Å². The van der Waals surface area contributed by atoms with E-state index in [9.17, 15) is 13.2 Å². The predicted molar refractivity (Wildman–Crippen MR) is 124 cm³/mol. The third-order valence-electron chi connectivity index (χ3n) is 5.29. The normalized spacial score (nSPS) is 12.7. The number of hydrogen-bond donors (Lipinski definition) is 1. The number of nitrogen functional groups attached to an aromatic ring is 1. The molecule has 12 heteroatoms. The highest BCUT2D eigenvalue weighted by molar-refractivity contribution is 6.35. The van der Waals surface area contributed by atoms with Crippen LogP contribution < -0.4 is 10.5 Å². The lowest BCUT2D eigenvalue weighted by Crippen LogP contribution is -2.25. The molecule has 0 aliphatic rings. The Morgan fingerprint density at radius 2 is 1.83 bits per heavy atom. The monoisotopic (exact) mass is 497 g/mol. The Kier molecular flexibility index (Phi) is 5.56. The lowest BCUT2D eigenvalue weighted by atomic mass is 9.93. The minimum absolute atomic E-state index is 0.0610. The maximum Gasteiger partial charge on any atom is 0.402 e. The molecule has 1 atom stereocenters. The van der Waals surface area contributed by atoms with Crippen LogP contribution in [0.3, 0.4) is 0 Å². The van der Waals surface area contributed by atoms with Gasteiger partial charge < -0.3 is 10.5 Å². The number of halogens is 4. The molecule has 5 rings (SSSR count). The molecule has 0 radical (unpaired) electrons. The van der Waals surface area contributed by atoms with Gasteiger partial charge in [-0.25, -0.2) is 19.9 Å². The molecular formula is C23H15ClF3N7O. The second-order valence-electron chi connectivity index (χ2n) is 7.50. The number of hydrogen-bond acceptors (Lipinski definition) is 8. The number of ether oxygens (including phenoxy) is 1. The first-order valence-electron chi connectivity index (χ1n) is 10.2. The van der Waals surface area contributed by atoms with Gasteiger partial charge in [0.15, 0.2) is 5.82 Å². The molecule has 0 aliphatic carbocycles. The van der Waals surface area contributed by atoms with E-state index < -0.39 is 17.9 Å². The number of methoxy groups -OCH3 is 1. The van der Waals surface area contributed by atoms with Gasteiger partial charge in [-0.05, 0) is 24.3 Å². The summed E-state index contributed by atoms with van der Waals surface area (Å²) in [6.45, 7) is 0. The zero-order valence-electron chi connectivity index (χ0n) is 18.0. The number of rotatable bonds is 4. The summed E-state index contributed by atoms with van der Waals surface area (Å²) < 4.78 is 49.2. The van der Waals surface area contributed by atoms with Crippen LogP contribution in [0.25, 0.3) is 33.3 Å². The van der Waals surface area contributed by atoms with E-state index in [1.54, 1.807) is 24.3 Å². The highest BCUT2D eigenvalue weighted by Gasteiger charge is 2.46. The number of aromatic nitrogens is 6. The lowest BCUT2D eigenvalue weighted by molar-refractivity contribution is -0.142. The van der Waals surface area contributed by atoms with Crippen LogP contribution >= 0.6 is 11.6 Å². The van der Waals surface area contributed by atoms with Crippen molar-refractivity contribution in [1.82, 2.24) is 29.9 Å². The zero-order chi connectivity index (χ0) is 24.7. The number of nitrogens with two attached hydrogens (primary N) is 1. The van der Waals surface area contributed by atoms with Crippen LogP contribution in [0.5, 0.6) is 5.88 Å². The largest absolute Gasteiger partial charge is 0.480 e. The summed E-state index contributed by atoms with van der Waals surface area (Å²) in [4.78, 5) is 24.9. The molecule has 0 bridgehead atoms. The van der Waals surface area contributed by atoms with Crippen molar-refractivity contribution < 1.29 is 17.9 Å². The Morgan fingerprint density at radius 3 is 2.60 bits per heavy atom. The van der Waals surface area contributed by atoms with Crippen molar-refractivity contribution in [2.45, 2.75) is 12.1 Å². The van der Waals surface area contributed by atoms with Crippen molar-refractivity contribution in [3.05, 3.63) is 71.4 Å². The van der Waals surface area contributed by atoms with Crippen molar-refractivity contribution in [2.24, 2.45) is 0 Å². The summed E-state index contributed by atoms with van der Waals surface area (Å²) in [5.41, 5.74) is 6.39. The molecular weight excluding hydrogens is 483 g/mol. The van der Waals surface area contributed by atoms with Crippen LogP contribution in [0.1, 0.15) is 17.3 Å². The molecule has 4 heterocycles. The molecule has 0 spiro atoms. The Balaban J connectivity index is 1.84. The molecule has 8 nitrogen and oxygen atoms in total. The number of nitrogens with zero attached hydrogens (tertiary/aromatic N) is 6. The third kappa shape index (κ3) is 4.14. The minimum Gasteiger partial charge on any atom is -0.480 e. The number of para-hydroxylation sites is 1. The van der Waals surface area contributed by atoms with Crippen molar-refractivity contribution in [3.8, 4) is 17.3 Å². The molecule has 0 saturated heterocycles. The van der Waals surface area contributed by atoms with Gasteiger partial charge in [0.25, 0.3) is 0 Å². The van der Waals surface area contributed by atoms with Gasteiger partial charge >= 0.3 is 6.18 Å². The zero-order valence-corrected chi connectivity index (χ0v) is 18.7. The van der Waals surface area contributed by atoms with Gasteiger partial charge in [0, 0.05) is 17.1 Å². The van der Waals surface area contributed by atoms with E-state index in [0.29, 0.717) is 10.9 Å². The highest BCUT2D eigenvalue weighted by Crippen LogP contribution is 2.44. The fourth-order valence-corrected chi connectivity index (χ4v) is 3.99. The Hall–Kier alpha value is -4.12. The molecule has 0 unspecified atom stereocenters. The molecule has 4 aromatic heterocycles. The molecule has 1 aromatic carbocycles. The van der Waals surface area contributed by atoms with E-state index >= 15 is 0 Å². The summed E-state index contributed by atoms with van der Waals surface area (Å²) in [6, 6.07) is 9.27. The van der Waals surface area contributed by atoms with E-state index in [1.165, 1.54) is 37.8 Å². The van der Waals surface area contributed by atoms with Crippen molar-refractivity contribution >= 4 is 39.4 Å². The summed E-state index contributed by atoms with van der Waals surface area (Å²) in [5.74, 6) is -2.89. The smallest absolute Gasteiger partial charge is 0.402 e. The SMILES string of the molecule is COc1cncc(-c2nc3c(Cl)cccc3cc2[C@H](c2nc(N)c3ncccc3n2)C(F)(F)F)n1. The van der Waals surface area contributed by atoms with Gasteiger partial charge in [-0.1, -0.05) is 23.7 Å². The average molecular weight is 498 g/mol. The average Bonchev–Trinajstić information content (AvgIpc) is 2.83. The van der Waals surface area contributed by atoms with Gasteiger partial charge in [-0.2, -0.15) is 13.2 Å². The molecule has 0 fully saturated rings.